The van der Waals surface area contributed by atoms with Gasteiger partial charge in [0.15, 0.2) is 12.0 Å². The van der Waals surface area contributed by atoms with E-state index in [1.54, 1.807) is 0 Å². The number of oxazole rings is 1. The van der Waals surface area contributed by atoms with Crippen LogP contribution in [0.3, 0.4) is 0 Å². The number of aliphatic hydroxyl groups excluding tert-OH is 1. The highest BCUT2D eigenvalue weighted by Gasteiger charge is 2.30. The molecule has 16 heavy (non-hydrogen) atoms. The van der Waals surface area contributed by atoms with Gasteiger partial charge in [0, 0.05) is 12.7 Å². The van der Waals surface area contributed by atoms with Crippen molar-refractivity contribution in [1.29, 1.82) is 0 Å². The van der Waals surface area contributed by atoms with Crippen LogP contribution in [0.15, 0.2) is 29.0 Å². The Balaban J connectivity index is 1.70. The van der Waals surface area contributed by atoms with Gasteiger partial charge in [0.2, 0.25) is 0 Å². The predicted octanol–water partition coefficient (Wildman–Crippen LogP) is 1.98. The molecule has 0 unspecified atom stereocenters. The summed E-state index contributed by atoms with van der Waals surface area (Å²) in [6.45, 7) is 0.266. The lowest BCUT2D eigenvalue weighted by Gasteiger charge is -2.34. The molecule has 4 heteroatoms. The summed E-state index contributed by atoms with van der Waals surface area (Å²) >= 11 is 0. The zero-order chi connectivity index (χ0) is 11.0. The molecular weight excluding hydrogens is 206 g/mol. The molecule has 0 spiro atoms. The van der Waals surface area contributed by atoms with Crippen LogP contribution >= 0.6 is 0 Å². The standard InChI is InChI=1S/C12H13NO3/c14-6-8-3-10(4-8)16-9-1-2-12-11(5-9)13-7-15-12/h1-2,5,7-8,10,14H,3-4,6H2/t8-,10-. The molecular formula is C12H13NO3. The molecule has 0 bridgehead atoms. The molecule has 1 aromatic heterocycles. The fourth-order valence-electron chi connectivity index (χ4n) is 2.02. The van der Waals surface area contributed by atoms with E-state index >= 15 is 0 Å². The lowest BCUT2D eigenvalue weighted by Crippen LogP contribution is -2.35. The molecule has 0 amide bonds. The van der Waals surface area contributed by atoms with Crippen LogP contribution in [-0.2, 0) is 0 Å². The number of benzene rings is 1. The number of ether oxygens (including phenoxy) is 1. The molecule has 4 nitrogen and oxygen atoms in total. The Kier molecular flexibility index (Phi) is 2.29. The largest absolute Gasteiger partial charge is 0.490 e. The van der Waals surface area contributed by atoms with Crippen LogP contribution in [0.2, 0.25) is 0 Å². The summed E-state index contributed by atoms with van der Waals surface area (Å²) in [5.41, 5.74) is 1.59. The Bertz CT molecular complexity index is 488. The lowest BCUT2D eigenvalue weighted by atomic mass is 9.83. The molecule has 1 aromatic carbocycles. The molecule has 1 aliphatic rings. The third-order valence-electron chi connectivity index (χ3n) is 3.06. The van der Waals surface area contributed by atoms with Gasteiger partial charge in [-0.15, -0.1) is 0 Å². The topological polar surface area (TPSA) is 55.5 Å². The van der Waals surface area contributed by atoms with Crippen LogP contribution in [0.1, 0.15) is 12.8 Å². The number of hydrogen-bond acceptors (Lipinski definition) is 4. The van der Waals surface area contributed by atoms with E-state index in [4.69, 9.17) is 14.3 Å². The molecule has 1 fully saturated rings. The molecule has 1 heterocycles. The van der Waals surface area contributed by atoms with E-state index in [0.29, 0.717) is 5.92 Å². The molecule has 2 aromatic rings. The Morgan fingerprint density at radius 2 is 2.31 bits per heavy atom. The van der Waals surface area contributed by atoms with Crippen LogP contribution in [0.25, 0.3) is 11.1 Å². The predicted molar refractivity (Wildman–Crippen MR) is 58.2 cm³/mol. The van der Waals surface area contributed by atoms with Gasteiger partial charge in [-0.1, -0.05) is 0 Å². The first kappa shape index (κ1) is 9.66. The molecule has 1 N–H and O–H groups in total. The van der Waals surface area contributed by atoms with E-state index in [0.717, 1.165) is 29.7 Å². The van der Waals surface area contributed by atoms with Crippen molar-refractivity contribution in [3.63, 3.8) is 0 Å². The minimum atomic E-state index is 0.238. The van der Waals surface area contributed by atoms with Crippen molar-refractivity contribution in [2.24, 2.45) is 5.92 Å². The van der Waals surface area contributed by atoms with Crippen molar-refractivity contribution in [2.45, 2.75) is 18.9 Å². The summed E-state index contributed by atoms with van der Waals surface area (Å²) in [5.74, 6) is 1.24. The Labute approximate surface area is 92.9 Å². The van der Waals surface area contributed by atoms with Crippen molar-refractivity contribution < 1.29 is 14.3 Å². The van der Waals surface area contributed by atoms with E-state index in [1.165, 1.54) is 6.39 Å². The SMILES string of the molecule is OC[C@H]1C[C@H](Oc2ccc3ocnc3c2)C1. The molecule has 0 saturated heterocycles. The van der Waals surface area contributed by atoms with Crippen LogP contribution in [0, 0.1) is 5.92 Å². The Hall–Kier alpha value is -1.55. The zero-order valence-electron chi connectivity index (χ0n) is 8.80. The molecule has 0 radical (unpaired) electrons. The number of fused-ring (bicyclic) bond motifs is 1. The van der Waals surface area contributed by atoms with Gasteiger partial charge in [0.05, 0.1) is 6.10 Å². The number of aromatic nitrogens is 1. The van der Waals surface area contributed by atoms with E-state index in [1.807, 2.05) is 18.2 Å². The maximum absolute atomic E-state index is 8.91. The highest BCUT2D eigenvalue weighted by Crippen LogP contribution is 2.31. The van der Waals surface area contributed by atoms with Crippen molar-refractivity contribution in [2.75, 3.05) is 6.61 Å². The summed E-state index contributed by atoms with van der Waals surface area (Å²) in [7, 11) is 0. The monoisotopic (exact) mass is 219 g/mol. The van der Waals surface area contributed by atoms with Crippen molar-refractivity contribution in [3.8, 4) is 5.75 Å². The average molecular weight is 219 g/mol. The summed E-state index contributed by atoms with van der Waals surface area (Å²) < 4.78 is 10.9. The molecule has 1 saturated carbocycles. The van der Waals surface area contributed by atoms with E-state index < -0.39 is 0 Å². The summed E-state index contributed by atoms with van der Waals surface area (Å²) in [6.07, 6.45) is 3.54. The lowest BCUT2D eigenvalue weighted by molar-refractivity contribution is 0.0325. The number of hydrogen-bond donors (Lipinski definition) is 1. The quantitative estimate of drug-likeness (QED) is 0.857. The molecule has 84 valence electrons. The zero-order valence-corrected chi connectivity index (χ0v) is 8.80. The Morgan fingerprint density at radius 1 is 1.44 bits per heavy atom. The second kappa shape index (κ2) is 3.79. The van der Waals surface area contributed by atoms with Gasteiger partial charge in [0.25, 0.3) is 0 Å². The van der Waals surface area contributed by atoms with Gasteiger partial charge in [-0.05, 0) is 30.9 Å². The fraction of sp³-hybridized carbons (Fsp3) is 0.417. The minimum Gasteiger partial charge on any atom is -0.490 e. The van der Waals surface area contributed by atoms with Crippen molar-refractivity contribution in [3.05, 3.63) is 24.6 Å². The van der Waals surface area contributed by atoms with Gasteiger partial charge >= 0.3 is 0 Å². The van der Waals surface area contributed by atoms with Crippen LogP contribution in [0.4, 0.5) is 0 Å². The third-order valence-corrected chi connectivity index (χ3v) is 3.06. The molecule has 3 rings (SSSR count). The normalized spacial score (nSPS) is 24.3. The Morgan fingerprint density at radius 3 is 3.12 bits per heavy atom. The summed E-state index contributed by atoms with van der Waals surface area (Å²) in [4.78, 5) is 4.07. The maximum Gasteiger partial charge on any atom is 0.181 e. The summed E-state index contributed by atoms with van der Waals surface area (Å²) in [5, 5.41) is 8.91. The fourth-order valence-corrected chi connectivity index (χ4v) is 2.02. The van der Waals surface area contributed by atoms with Gasteiger partial charge < -0.3 is 14.3 Å². The van der Waals surface area contributed by atoms with Gasteiger partial charge in [-0.3, -0.25) is 0 Å². The second-order valence-corrected chi connectivity index (χ2v) is 4.24. The van der Waals surface area contributed by atoms with Crippen LogP contribution < -0.4 is 4.74 Å². The van der Waals surface area contributed by atoms with Gasteiger partial charge in [0.1, 0.15) is 11.3 Å². The second-order valence-electron chi connectivity index (χ2n) is 4.24. The molecule has 0 aliphatic heterocycles. The molecule has 1 aliphatic carbocycles. The van der Waals surface area contributed by atoms with Crippen LogP contribution in [0.5, 0.6) is 5.75 Å². The maximum atomic E-state index is 8.91. The minimum absolute atomic E-state index is 0.238. The van der Waals surface area contributed by atoms with E-state index in [9.17, 15) is 0 Å². The first-order valence-electron chi connectivity index (χ1n) is 5.46. The van der Waals surface area contributed by atoms with Crippen LogP contribution in [-0.4, -0.2) is 22.8 Å². The first-order valence-corrected chi connectivity index (χ1v) is 5.46. The van der Waals surface area contributed by atoms with E-state index in [2.05, 4.69) is 4.98 Å². The molecule has 0 atom stereocenters. The van der Waals surface area contributed by atoms with Gasteiger partial charge in [-0.2, -0.15) is 0 Å². The highest BCUT2D eigenvalue weighted by atomic mass is 16.5. The number of rotatable bonds is 3. The van der Waals surface area contributed by atoms with E-state index in [-0.39, 0.29) is 12.7 Å². The first-order chi connectivity index (χ1) is 7.85. The number of nitrogens with zero attached hydrogens (tertiary/aromatic N) is 1. The third kappa shape index (κ3) is 1.65. The number of aliphatic hydroxyl groups is 1. The summed E-state index contributed by atoms with van der Waals surface area (Å²) in [6, 6.07) is 5.63. The smallest absolute Gasteiger partial charge is 0.181 e. The average Bonchev–Trinajstić information content (AvgIpc) is 2.69. The highest BCUT2D eigenvalue weighted by molar-refractivity contribution is 5.73. The van der Waals surface area contributed by atoms with Gasteiger partial charge in [-0.25, -0.2) is 4.98 Å². The van der Waals surface area contributed by atoms with Crippen molar-refractivity contribution >= 4 is 11.1 Å². The van der Waals surface area contributed by atoms with Crippen molar-refractivity contribution in [1.82, 2.24) is 4.98 Å².